The maximum absolute atomic E-state index is 13.2. The Balaban J connectivity index is 1.47. The molecule has 0 radical (unpaired) electrons. The number of benzene rings is 1. The van der Waals surface area contributed by atoms with Crippen molar-refractivity contribution in [3.63, 3.8) is 0 Å². The van der Waals surface area contributed by atoms with E-state index in [1.54, 1.807) is 39.8 Å². The minimum Gasteiger partial charge on any atom is -0.311 e. The minimum absolute atomic E-state index is 0.172. The molecule has 0 aliphatic carbocycles. The SMILES string of the molecule is Cc1cccc(-n2ncc3c(=O)n4c(nc32)SCC4CC(=O)Nc2ccccn2)c1. The van der Waals surface area contributed by atoms with Crippen LogP contribution >= 0.6 is 11.8 Å². The van der Waals surface area contributed by atoms with Gasteiger partial charge in [-0.3, -0.25) is 14.2 Å². The van der Waals surface area contributed by atoms with Gasteiger partial charge in [0.25, 0.3) is 5.56 Å². The number of fused-ring (bicyclic) bond motifs is 2. The lowest BCUT2D eigenvalue weighted by molar-refractivity contribution is -0.116. The van der Waals surface area contributed by atoms with E-state index in [2.05, 4.69) is 15.4 Å². The average Bonchev–Trinajstić information content (AvgIpc) is 3.34. The molecule has 3 aromatic heterocycles. The summed E-state index contributed by atoms with van der Waals surface area (Å²) in [6, 6.07) is 12.9. The van der Waals surface area contributed by atoms with Crippen molar-refractivity contribution in [2.75, 3.05) is 11.1 Å². The average molecular weight is 418 g/mol. The topological polar surface area (TPSA) is 94.7 Å². The largest absolute Gasteiger partial charge is 0.311 e. The van der Waals surface area contributed by atoms with Gasteiger partial charge in [-0.1, -0.05) is 30.0 Å². The van der Waals surface area contributed by atoms with Crippen molar-refractivity contribution < 1.29 is 4.79 Å². The molecule has 8 nitrogen and oxygen atoms in total. The number of pyridine rings is 1. The van der Waals surface area contributed by atoms with E-state index in [4.69, 9.17) is 4.98 Å². The summed E-state index contributed by atoms with van der Waals surface area (Å²) in [4.78, 5) is 34.5. The van der Waals surface area contributed by atoms with Gasteiger partial charge in [-0.05, 0) is 36.8 Å². The van der Waals surface area contributed by atoms with Gasteiger partial charge in [0.2, 0.25) is 5.91 Å². The van der Waals surface area contributed by atoms with Crippen molar-refractivity contribution in [2.24, 2.45) is 0 Å². The van der Waals surface area contributed by atoms with E-state index in [1.807, 2.05) is 31.2 Å². The fourth-order valence-electron chi connectivity index (χ4n) is 3.57. The summed E-state index contributed by atoms with van der Waals surface area (Å²) in [6.07, 6.45) is 3.34. The monoisotopic (exact) mass is 418 g/mol. The molecule has 1 aliphatic heterocycles. The highest BCUT2D eigenvalue weighted by Crippen LogP contribution is 2.33. The quantitative estimate of drug-likeness (QED) is 0.512. The highest BCUT2D eigenvalue weighted by atomic mass is 32.2. The van der Waals surface area contributed by atoms with Crippen LogP contribution in [0, 0.1) is 6.92 Å². The zero-order chi connectivity index (χ0) is 20.7. The van der Waals surface area contributed by atoms with Crippen LogP contribution in [0.2, 0.25) is 0 Å². The van der Waals surface area contributed by atoms with Crippen molar-refractivity contribution in [3.8, 4) is 5.69 Å². The lowest BCUT2D eigenvalue weighted by Crippen LogP contribution is -2.27. The van der Waals surface area contributed by atoms with Gasteiger partial charge < -0.3 is 5.32 Å². The van der Waals surface area contributed by atoms with Crippen LogP contribution in [0.1, 0.15) is 18.0 Å². The van der Waals surface area contributed by atoms with Crippen molar-refractivity contribution in [2.45, 2.75) is 24.5 Å². The van der Waals surface area contributed by atoms with Gasteiger partial charge in [0.1, 0.15) is 11.2 Å². The Morgan fingerprint density at radius 3 is 2.97 bits per heavy atom. The first-order valence-corrected chi connectivity index (χ1v) is 10.5. The number of hydrogen-bond donors (Lipinski definition) is 1. The van der Waals surface area contributed by atoms with Crippen LogP contribution in [0.4, 0.5) is 5.82 Å². The Morgan fingerprint density at radius 1 is 1.27 bits per heavy atom. The summed E-state index contributed by atoms with van der Waals surface area (Å²) in [5, 5.41) is 8.22. The highest BCUT2D eigenvalue weighted by molar-refractivity contribution is 7.99. The van der Waals surface area contributed by atoms with Crippen LogP contribution in [-0.2, 0) is 4.79 Å². The zero-order valence-electron chi connectivity index (χ0n) is 16.1. The molecule has 9 heteroatoms. The van der Waals surface area contributed by atoms with Crippen molar-refractivity contribution >= 4 is 34.5 Å². The highest BCUT2D eigenvalue weighted by Gasteiger charge is 2.29. The molecule has 0 spiro atoms. The normalized spacial score (nSPS) is 15.3. The maximum atomic E-state index is 13.2. The zero-order valence-corrected chi connectivity index (χ0v) is 17.0. The molecular weight excluding hydrogens is 400 g/mol. The molecule has 1 amide bonds. The molecule has 4 aromatic rings. The second-order valence-corrected chi connectivity index (χ2v) is 8.12. The van der Waals surface area contributed by atoms with Crippen LogP contribution in [0.25, 0.3) is 16.7 Å². The Bertz CT molecular complexity index is 1310. The first kappa shape index (κ1) is 18.6. The smallest absolute Gasteiger partial charge is 0.265 e. The van der Waals surface area contributed by atoms with Gasteiger partial charge >= 0.3 is 0 Å². The summed E-state index contributed by atoms with van der Waals surface area (Å²) in [5.74, 6) is 0.922. The molecule has 5 rings (SSSR count). The molecule has 30 heavy (non-hydrogen) atoms. The number of aryl methyl sites for hydroxylation is 1. The molecule has 150 valence electrons. The van der Waals surface area contributed by atoms with Gasteiger partial charge in [0.15, 0.2) is 10.8 Å². The fraction of sp³-hybridized carbons (Fsp3) is 0.190. The Morgan fingerprint density at radius 2 is 2.17 bits per heavy atom. The Hall–Kier alpha value is -3.46. The van der Waals surface area contributed by atoms with Crippen LogP contribution in [0.15, 0.2) is 64.8 Å². The van der Waals surface area contributed by atoms with E-state index in [0.29, 0.717) is 27.8 Å². The molecule has 0 fully saturated rings. The molecule has 1 unspecified atom stereocenters. The van der Waals surface area contributed by atoms with E-state index < -0.39 is 0 Å². The summed E-state index contributed by atoms with van der Waals surface area (Å²) >= 11 is 1.48. The molecule has 0 saturated heterocycles. The molecule has 1 aromatic carbocycles. The number of carbonyl (C=O) groups excluding carboxylic acids is 1. The van der Waals surface area contributed by atoms with E-state index in [-0.39, 0.29) is 23.9 Å². The van der Waals surface area contributed by atoms with Gasteiger partial charge in [-0.2, -0.15) is 5.10 Å². The number of amides is 1. The van der Waals surface area contributed by atoms with Gasteiger partial charge in [0, 0.05) is 18.4 Å². The third kappa shape index (κ3) is 3.26. The number of nitrogens with one attached hydrogen (secondary N) is 1. The number of anilines is 1. The number of hydrogen-bond acceptors (Lipinski definition) is 6. The van der Waals surface area contributed by atoms with Crippen LogP contribution in [0.3, 0.4) is 0 Å². The third-order valence-corrected chi connectivity index (χ3v) is 6.07. The lowest BCUT2D eigenvalue weighted by atomic mass is 10.2. The minimum atomic E-state index is -0.263. The molecule has 4 heterocycles. The summed E-state index contributed by atoms with van der Waals surface area (Å²) in [6.45, 7) is 2.01. The van der Waals surface area contributed by atoms with Crippen molar-refractivity contribution in [1.82, 2.24) is 24.3 Å². The lowest BCUT2D eigenvalue weighted by Gasteiger charge is -2.13. The summed E-state index contributed by atoms with van der Waals surface area (Å²) in [7, 11) is 0. The Kier molecular flexibility index (Phi) is 4.59. The van der Waals surface area contributed by atoms with Crippen LogP contribution in [0.5, 0.6) is 0 Å². The predicted molar refractivity (Wildman–Crippen MR) is 115 cm³/mol. The fourth-order valence-corrected chi connectivity index (χ4v) is 4.70. The van der Waals surface area contributed by atoms with Crippen molar-refractivity contribution in [1.29, 1.82) is 0 Å². The number of nitrogens with zero attached hydrogens (tertiary/aromatic N) is 5. The number of thioether (sulfide) groups is 1. The summed E-state index contributed by atoms with van der Waals surface area (Å²) in [5.41, 5.74) is 2.32. The molecular formula is C21H18N6O2S. The molecule has 1 aliphatic rings. The first-order valence-electron chi connectivity index (χ1n) is 9.51. The standard InChI is InChI=1S/C21H18N6O2S/c1-13-5-4-6-14(9-13)27-19-16(11-23-27)20(29)26-15(12-30-21(26)25-19)10-18(28)24-17-7-2-3-8-22-17/h2-9,11,15H,10,12H2,1H3,(H,22,24,28). The maximum Gasteiger partial charge on any atom is 0.265 e. The van der Waals surface area contributed by atoms with Gasteiger partial charge in [-0.25, -0.2) is 14.6 Å². The van der Waals surface area contributed by atoms with E-state index in [0.717, 1.165) is 11.3 Å². The number of aromatic nitrogens is 5. The predicted octanol–water partition coefficient (Wildman–Crippen LogP) is 2.96. The second-order valence-electron chi connectivity index (χ2n) is 7.13. The third-order valence-electron chi connectivity index (χ3n) is 4.97. The van der Waals surface area contributed by atoms with E-state index >= 15 is 0 Å². The molecule has 1 atom stereocenters. The second kappa shape index (κ2) is 7.42. The van der Waals surface area contributed by atoms with E-state index in [1.165, 1.54) is 11.8 Å². The molecule has 0 bridgehead atoms. The summed E-state index contributed by atoms with van der Waals surface area (Å²) < 4.78 is 3.31. The first-order chi connectivity index (χ1) is 14.6. The van der Waals surface area contributed by atoms with Crippen LogP contribution in [-0.4, -0.2) is 36.0 Å². The molecule has 1 N–H and O–H groups in total. The number of carbonyl (C=O) groups is 1. The van der Waals surface area contributed by atoms with Crippen molar-refractivity contribution in [3.05, 3.63) is 70.8 Å². The van der Waals surface area contributed by atoms with Gasteiger partial charge in [-0.15, -0.1) is 0 Å². The van der Waals surface area contributed by atoms with Crippen LogP contribution < -0.4 is 10.9 Å². The molecule has 0 saturated carbocycles. The number of rotatable bonds is 4. The van der Waals surface area contributed by atoms with Gasteiger partial charge in [0.05, 0.1) is 17.9 Å². The Labute approximate surface area is 176 Å². The van der Waals surface area contributed by atoms with E-state index in [9.17, 15) is 9.59 Å².